The minimum Gasteiger partial charge on any atom is -0.380 e. The van der Waals surface area contributed by atoms with Gasteiger partial charge in [-0.1, -0.05) is 0 Å². The van der Waals surface area contributed by atoms with Gasteiger partial charge in [-0.25, -0.2) is 13.6 Å². The first-order valence-electron chi connectivity index (χ1n) is 5.19. The van der Waals surface area contributed by atoms with Gasteiger partial charge in [-0.3, -0.25) is 0 Å². The maximum atomic E-state index is 13.6. The molecule has 0 N–H and O–H groups in total. The molecule has 1 aliphatic rings. The van der Waals surface area contributed by atoms with Crippen LogP contribution in [0, 0.1) is 11.6 Å². The predicted octanol–water partition coefficient (Wildman–Crippen LogP) is 2.44. The summed E-state index contributed by atoms with van der Waals surface area (Å²) in [5, 5.41) is 0. The number of ether oxygens (including phenoxy) is 1. The van der Waals surface area contributed by atoms with Crippen LogP contribution in [0.25, 0.3) is 0 Å². The normalized spacial score (nSPS) is 16.4. The number of carbonyl (C=O) groups excluding carboxylic acids is 1. The number of benzene rings is 1. The molecular formula is C12H11F2NO2. The van der Waals surface area contributed by atoms with Crippen LogP contribution in [0.15, 0.2) is 17.1 Å². The van der Waals surface area contributed by atoms with Crippen LogP contribution in [0.5, 0.6) is 0 Å². The number of hydrogen-bond donors (Lipinski definition) is 0. The molecule has 0 amide bonds. The average Bonchev–Trinajstić information content (AvgIpc) is 3.05. The summed E-state index contributed by atoms with van der Waals surface area (Å²) in [6.45, 7) is -0.123. The van der Waals surface area contributed by atoms with Gasteiger partial charge < -0.3 is 4.74 Å². The van der Waals surface area contributed by atoms with Crippen LogP contribution in [0.2, 0.25) is 0 Å². The van der Waals surface area contributed by atoms with Crippen molar-refractivity contribution in [3.8, 4) is 0 Å². The monoisotopic (exact) mass is 239 g/mol. The Kier molecular flexibility index (Phi) is 3.05. The second-order valence-electron chi connectivity index (χ2n) is 4.09. The Morgan fingerprint density at radius 1 is 1.41 bits per heavy atom. The Balaban J connectivity index is 2.42. The largest absolute Gasteiger partial charge is 0.380 e. The highest BCUT2D eigenvalue weighted by Crippen LogP contribution is 2.49. The van der Waals surface area contributed by atoms with Gasteiger partial charge in [-0.2, -0.15) is 4.99 Å². The van der Waals surface area contributed by atoms with Crippen LogP contribution in [0.1, 0.15) is 24.0 Å². The van der Waals surface area contributed by atoms with E-state index in [1.165, 1.54) is 25.3 Å². The third kappa shape index (κ3) is 2.12. The summed E-state index contributed by atoms with van der Waals surface area (Å²) in [5.41, 5.74) is -0.479. The first-order valence-corrected chi connectivity index (χ1v) is 5.19. The highest BCUT2D eigenvalue weighted by molar-refractivity contribution is 5.42. The first kappa shape index (κ1) is 11.9. The van der Waals surface area contributed by atoms with Gasteiger partial charge in [0.25, 0.3) is 0 Å². The Bertz CT molecular complexity index is 468. The molecule has 0 unspecified atom stereocenters. The lowest BCUT2D eigenvalue weighted by Crippen LogP contribution is -2.07. The molecule has 17 heavy (non-hydrogen) atoms. The molecule has 0 spiro atoms. The summed E-state index contributed by atoms with van der Waals surface area (Å²) >= 11 is 0. The van der Waals surface area contributed by atoms with Crippen LogP contribution in [0.3, 0.4) is 0 Å². The van der Waals surface area contributed by atoms with E-state index in [4.69, 9.17) is 4.74 Å². The minimum atomic E-state index is -0.755. The summed E-state index contributed by atoms with van der Waals surface area (Å²) in [6.07, 6.45) is 2.68. The van der Waals surface area contributed by atoms with Crippen molar-refractivity contribution in [3.05, 3.63) is 34.9 Å². The fourth-order valence-corrected chi connectivity index (χ4v) is 1.82. The van der Waals surface area contributed by atoms with Crippen LogP contribution >= 0.6 is 0 Å². The Morgan fingerprint density at radius 2 is 2.00 bits per heavy atom. The number of rotatable bonds is 4. The lowest BCUT2D eigenvalue weighted by atomic mass is 10.0. The molecule has 2 rings (SSSR count). The van der Waals surface area contributed by atoms with Gasteiger partial charge in [0.15, 0.2) is 0 Å². The standard InChI is InChI=1S/C12H11F2NO2/c1-17-6-9-10(13)4-8(5-11(9)14)12(2-3-12)15-7-16/h4-5H,2-3,6H2,1H3. The van der Waals surface area contributed by atoms with Crippen LogP contribution < -0.4 is 0 Å². The van der Waals surface area contributed by atoms with Gasteiger partial charge in [0.05, 0.1) is 12.1 Å². The van der Waals surface area contributed by atoms with Crippen molar-refractivity contribution in [1.82, 2.24) is 0 Å². The number of hydrogen-bond acceptors (Lipinski definition) is 3. The molecule has 0 saturated heterocycles. The van der Waals surface area contributed by atoms with E-state index in [2.05, 4.69) is 4.99 Å². The zero-order valence-corrected chi connectivity index (χ0v) is 9.30. The fraction of sp³-hybridized carbons (Fsp3) is 0.417. The molecule has 0 atom stereocenters. The van der Waals surface area contributed by atoms with Crippen molar-refractivity contribution < 1.29 is 18.3 Å². The van der Waals surface area contributed by atoms with E-state index in [-0.39, 0.29) is 12.2 Å². The smallest absolute Gasteiger partial charge is 0.235 e. The van der Waals surface area contributed by atoms with Crippen molar-refractivity contribution in [2.24, 2.45) is 4.99 Å². The van der Waals surface area contributed by atoms with Gasteiger partial charge in [-0.15, -0.1) is 0 Å². The second-order valence-corrected chi connectivity index (χ2v) is 4.09. The molecule has 0 bridgehead atoms. The summed E-state index contributed by atoms with van der Waals surface area (Å²) in [4.78, 5) is 13.9. The molecule has 1 aromatic rings. The second kappa shape index (κ2) is 4.35. The van der Waals surface area contributed by atoms with E-state index in [0.29, 0.717) is 18.4 Å². The molecule has 1 aromatic carbocycles. The molecule has 0 radical (unpaired) electrons. The van der Waals surface area contributed by atoms with Crippen LogP contribution in [0.4, 0.5) is 8.78 Å². The Labute approximate surface area is 97.1 Å². The first-order chi connectivity index (χ1) is 8.13. The number of isocyanates is 1. The lowest BCUT2D eigenvalue weighted by molar-refractivity contribution is 0.177. The molecule has 1 saturated carbocycles. The average molecular weight is 239 g/mol. The van der Waals surface area contributed by atoms with Crippen molar-refractivity contribution in [2.75, 3.05) is 7.11 Å². The topological polar surface area (TPSA) is 38.7 Å². The number of methoxy groups -OCH3 is 1. The number of halogens is 2. The Morgan fingerprint density at radius 3 is 2.41 bits per heavy atom. The maximum absolute atomic E-state index is 13.6. The summed E-state index contributed by atoms with van der Waals surface area (Å²) in [6, 6.07) is 2.43. The van der Waals surface area contributed by atoms with E-state index in [1.807, 2.05) is 0 Å². The van der Waals surface area contributed by atoms with Crippen molar-refractivity contribution in [2.45, 2.75) is 25.0 Å². The molecule has 0 heterocycles. The zero-order chi connectivity index (χ0) is 12.5. The van der Waals surface area contributed by atoms with Crippen molar-refractivity contribution in [1.29, 1.82) is 0 Å². The van der Waals surface area contributed by atoms with E-state index in [1.54, 1.807) is 0 Å². The van der Waals surface area contributed by atoms with E-state index in [0.717, 1.165) is 0 Å². The van der Waals surface area contributed by atoms with Gasteiger partial charge in [-0.05, 0) is 30.5 Å². The maximum Gasteiger partial charge on any atom is 0.235 e. The molecular weight excluding hydrogens is 228 g/mol. The SMILES string of the molecule is COCc1c(F)cc(C2(N=C=O)CC2)cc1F. The zero-order valence-electron chi connectivity index (χ0n) is 9.30. The number of aliphatic imine (C=N–C) groups is 1. The lowest BCUT2D eigenvalue weighted by Gasteiger charge is -2.11. The third-order valence-corrected chi connectivity index (χ3v) is 2.95. The molecule has 90 valence electrons. The molecule has 5 heteroatoms. The van der Waals surface area contributed by atoms with Gasteiger partial charge in [0.2, 0.25) is 6.08 Å². The Hall–Kier alpha value is -1.58. The molecule has 0 aliphatic heterocycles. The van der Waals surface area contributed by atoms with E-state index >= 15 is 0 Å². The van der Waals surface area contributed by atoms with E-state index in [9.17, 15) is 13.6 Å². The molecule has 1 fully saturated rings. The van der Waals surface area contributed by atoms with Gasteiger partial charge in [0, 0.05) is 12.7 Å². The van der Waals surface area contributed by atoms with E-state index < -0.39 is 17.2 Å². The third-order valence-electron chi connectivity index (χ3n) is 2.95. The molecule has 0 aromatic heterocycles. The quantitative estimate of drug-likeness (QED) is 0.598. The summed E-state index contributed by atoms with van der Waals surface area (Å²) < 4.78 is 32.0. The fourth-order valence-electron chi connectivity index (χ4n) is 1.82. The number of nitrogens with zero attached hydrogens (tertiary/aromatic N) is 1. The van der Waals surface area contributed by atoms with Crippen molar-refractivity contribution in [3.63, 3.8) is 0 Å². The van der Waals surface area contributed by atoms with Crippen LogP contribution in [-0.4, -0.2) is 13.2 Å². The van der Waals surface area contributed by atoms with Crippen LogP contribution in [-0.2, 0) is 21.7 Å². The predicted molar refractivity (Wildman–Crippen MR) is 56.1 cm³/mol. The van der Waals surface area contributed by atoms with Gasteiger partial charge in [0.1, 0.15) is 11.6 Å². The minimum absolute atomic E-state index is 0.109. The molecule has 1 aliphatic carbocycles. The van der Waals surface area contributed by atoms with Crippen molar-refractivity contribution >= 4 is 6.08 Å². The summed E-state index contributed by atoms with van der Waals surface area (Å²) in [7, 11) is 1.37. The highest BCUT2D eigenvalue weighted by atomic mass is 19.1. The van der Waals surface area contributed by atoms with Gasteiger partial charge >= 0.3 is 0 Å². The summed E-state index contributed by atoms with van der Waals surface area (Å²) in [5.74, 6) is -1.34. The highest BCUT2D eigenvalue weighted by Gasteiger charge is 2.45. The molecule has 3 nitrogen and oxygen atoms in total.